The van der Waals surface area contributed by atoms with Crippen molar-refractivity contribution in [3.8, 4) is 0 Å². The molecule has 1 N–H and O–H groups in total. The lowest BCUT2D eigenvalue weighted by atomic mass is 10.1. The number of nitro groups is 1. The summed E-state index contributed by atoms with van der Waals surface area (Å²) in [4.78, 5) is 25.4. The van der Waals surface area contributed by atoms with Crippen LogP contribution in [0.25, 0.3) is 0 Å². The number of aromatic nitrogens is 1. The first-order valence-corrected chi connectivity index (χ1v) is 6.29. The molecule has 9 heteroatoms. The maximum absolute atomic E-state index is 12.8. The Labute approximate surface area is 128 Å². The van der Waals surface area contributed by atoms with Crippen LogP contribution in [0, 0.1) is 17.0 Å². The zero-order chi connectivity index (χ0) is 17.2. The second kappa shape index (κ2) is 6.03. The van der Waals surface area contributed by atoms with Gasteiger partial charge in [0.05, 0.1) is 10.5 Å². The minimum atomic E-state index is -4.78. The zero-order valence-corrected chi connectivity index (χ0v) is 11.7. The van der Waals surface area contributed by atoms with Crippen molar-refractivity contribution in [1.82, 2.24) is 4.98 Å². The number of anilines is 1. The molecule has 23 heavy (non-hydrogen) atoms. The lowest BCUT2D eigenvalue weighted by Crippen LogP contribution is -2.20. The van der Waals surface area contributed by atoms with Crippen LogP contribution in [-0.4, -0.2) is 15.8 Å². The van der Waals surface area contributed by atoms with E-state index in [1.807, 2.05) is 0 Å². The summed E-state index contributed by atoms with van der Waals surface area (Å²) in [6.07, 6.45) is -3.86. The van der Waals surface area contributed by atoms with Gasteiger partial charge in [-0.1, -0.05) is 6.07 Å². The van der Waals surface area contributed by atoms with E-state index in [9.17, 15) is 28.1 Å². The van der Waals surface area contributed by atoms with Gasteiger partial charge in [-0.05, 0) is 25.1 Å². The lowest BCUT2D eigenvalue weighted by Gasteiger charge is -2.11. The first kappa shape index (κ1) is 16.4. The minimum absolute atomic E-state index is 0.0178. The molecule has 0 atom stereocenters. The van der Waals surface area contributed by atoms with Gasteiger partial charge >= 0.3 is 6.18 Å². The Morgan fingerprint density at radius 2 is 2.00 bits per heavy atom. The summed E-state index contributed by atoms with van der Waals surface area (Å²) < 4.78 is 38.5. The van der Waals surface area contributed by atoms with Gasteiger partial charge in [-0.25, -0.2) is 0 Å². The molecule has 1 aromatic carbocycles. The van der Waals surface area contributed by atoms with Gasteiger partial charge in [0.1, 0.15) is 0 Å². The van der Waals surface area contributed by atoms with Gasteiger partial charge in [-0.2, -0.15) is 13.2 Å². The Morgan fingerprint density at radius 3 is 2.61 bits per heavy atom. The van der Waals surface area contributed by atoms with Crippen molar-refractivity contribution in [1.29, 1.82) is 0 Å². The highest BCUT2D eigenvalue weighted by atomic mass is 19.4. The van der Waals surface area contributed by atoms with Crippen LogP contribution in [-0.2, 0) is 6.18 Å². The van der Waals surface area contributed by atoms with Crippen LogP contribution in [0.3, 0.4) is 0 Å². The normalized spacial score (nSPS) is 11.1. The molecule has 0 spiro atoms. The van der Waals surface area contributed by atoms with Crippen molar-refractivity contribution in [3.05, 3.63) is 63.5 Å². The Kier molecular flexibility index (Phi) is 4.30. The molecule has 0 saturated heterocycles. The van der Waals surface area contributed by atoms with Gasteiger partial charge in [0.15, 0.2) is 5.69 Å². The molecular weight excluding hydrogens is 315 g/mol. The molecule has 2 rings (SSSR count). The third-order valence-electron chi connectivity index (χ3n) is 2.98. The molecule has 0 saturated carbocycles. The van der Waals surface area contributed by atoms with E-state index >= 15 is 0 Å². The second-order valence-electron chi connectivity index (χ2n) is 4.61. The number of aryl methyl sites for hydroxylation is 1. The predicted octanol–water partition coefficient (Wildman–Crippen LogP) is 3.57. The van der Waals surface area contributed by atoms with Crippen molar-refractivity contribution >= 4 is 17.3 Å². The van der Waals surface area contributed by atoms with E-state index < -0.39 is 28.3 Å². The van der Waals surface area contributed by atoms with Crippen LogP contribution in [0.5, 0.6) is 0 Å². The summed E-state index contributed by atoms with van der Waals surface area (Å²) in [7, 11) is 0. The fourth-order valence-corrected chi connectivity index (χ4v) is 1.90. The standard InChI is InChI=1S/C14H10F3N3O3/c1-8-4-5-9(7-11(8)20(22)23)19-13(21)10-3-2-6-18-12(10)14(15,16)17/h2-7H,1H3,(H,19,21). The largest absolute Gasteiger partial charge is 0.434 e. The summed E-state index contributed by atoms with van der Waals surface area (Å²) in [6, 6.07) is 6.01. The highest BCUT2D eigenvalue weighted by molar-refractivity contribution is 6.05. The quantitative estimate of drug-likeness (QED) is 0.690. The molecule has 0 aliphatic carbocycles. The number of halogens is 3. The molecule has 0 aliphatic rings. The van der Waals surface area contributed by atoms with Crippen LogP contribution >= 0.6 is 0 Å². The van der Waals surface area contributed by atoms with Gasteiger partial charge in [0.25, 0.3) is 11.6 Å². The SMILES string of the molecule is Cc1ccc(NC(=O)c2cccnc2C(F)(F)F)cc1[N+](=O)[O-]. The number of rotatable bonds is 3. The number of hydrogen-bond acceptors (Lipinski definition) is 4. The molecule has 6 nitrogen and oxygen atoms in total. The number of nitrogens with one attached hydrogen (secondary N) is 1. The predicted molar refractivity (Wildman–Crippen MR) is 75.0 cm³/mol. The van der Waals surface area contributed by atoms with E-state index in [0.717, 1.165) is 18.3 Å². The summed E-state index contributed by atoms with van der Waals surface area (Å²) in [5.41, 5.74) is -1.85. The van der Waals surface area contributed by atoms with Crippen LogP contribution in [0.1, 0.15) is 21.6 Å². The van der Waals surface area contributed by atoms with Crippen LogP contribution < -0.4 is 5.32 Å². The van der Waals surface area contributed by atoms with E-state index in [2.05, 4.69) is 10.3 Å². The fourth-order valence-electron chi connectivity index (χ4n) is 1.90. The third-order valence-corrected chi connectivity index (χ3v) is 2.98. The van der Waals surface area contributed by atoms with E-state index in [1.54, 1.807) is 0 Å². The van der Waals surface area contributed by atoms with Gasteiger partial charge in [0, 0.05) is 23.5 Å². The summed E-state index contributed by atoms with van der Waals surface area (Å²) in [6.45, 7) is 1.51. The molecule has 1 amide bonds. The van der Waals surface area contributed by atoms with Crippen molar-refractivity contribution in [2.24, 2.45) is 0 Å². The first-order chi connectivity index (χ1) is 10.7. The van der Waals surface area contributed by atoms with Crippen molar-refractivity contribution in [2.45, 2.75) is 13.1 Å². The van der Waals surface area contributed by atoms with Crippen LogP contribution in [0.4, 0.5) is 24.5 Å². The van der Waals surface area contributed by atoms with E-state index in [4.69, 9.17) is 0 Å². The molecule has 0 radical (unpaired) electrons. The summed E-state index contributed by atoms with van der Waals surface area (Å²) >= 11 is 0. The van der Waals surface area contributed by atoms with Crippen molar-refractivity contribution in [2.75, 3.05) is 5.32 Å². The number of nitrogens with zero attached hydrogens (tertiary/aromatic N) is 2. The maximum Gasteiger partial charge on any atom is 0.434 e. The van der Waals surface area contributed by atoms with Crippen molar-refractivity contribution < 1.29 is 22.9 Å². The molecule has 0 bridgehead atoms. The number of hydrogen-bond donors (Lipinski definition) is 1. The molecule has 120 valence electrons. The summed E-state index contributed by atoms with van der Waals surface area (Å²) in [5.74, 6) is -1.05. The smallest absolute Gasteiger partial charge is 0.322 e. The number of carbonyl (C=O) groups is 1. The maximum atomic E-state index is 12.8. The van der Waals surface area contributed by atoms with E-state index in [1.165, 1.54) is 25.1 Å². The van der Waals surface area contributed by atoms with Crippen LogP contribution in [0.2, 0.25) is 0 Å². The Hall–Kier alpha value is -2.97. The second-order valence-corrected chi connectivity index (χ2v) is 4.61. The van der Waals surface area contributed by atoms with E-state index in [0.29, 0.717) is 5.56 Å². The molecule has 0 fully saturated rings. The molecule has 1 aromatic heterocycles. The van der Waals surface area contributed by atoms with Crippen LogP contribution in [0.15, 0.2) is 36.5 Å². The number of pyridine rings is 1. The zero-order valence-electron chi connectivity index (χ0n) is 11.7. The number of amides is 1. The third kappa shape index (κ3) is 3.62. The lowest BCUT2D eigenvalue weighted by molar-refractivity contribution is -0.385. The van der Waals surface area contributed by atoms with Crippen molar-refractivity contribution in [3.63, 3.8) is 0 Å². The average Bonchev–Trinajstić information content (AvgIpc) is 2.48. The topological polar surface area (TPSA) is 85.1 Å². The van der Waals surface area contributed by atoms with Gasteiger partial charge < -0.3 is 5.32 Å². The highest BCUT2D eigenvalue weighted by Gasteiger charge is 2.37. The monoisotopic (exact) mass is 325 g/mol. The minimum Gasteiger partial charge on any atom is -0.322 e. The number of benzene rings is 1. The van der Waals surface area contributed by atoms with E-state index in [-0.39, 0.29) is 11.4 Å². The number of alkyl halides is 3. The number of nitro benzene ring substituents is 1. The highest BCUT2D eigenvalue weighted by Crippen LogP contribution is 2.30. The van der Waals surface area contributed by atoms with Gasteiger partial charge in [-0.15, -0.1) is 0 Å². The fraction of sp³-hybridized carbons (Fsp3) is 0.143. The molecule has 1 heterocycles. The summed E-state index contributed by atoms with van der Waals surface area (Å²) in [5, 5.41) is 13.1. The van der Waals surface area contributed by atoms with Gasteiger partial charge in [-0.3, -0.25) is 19.9 Å². The molecule has 0 unspecified atom stereocenters. The Balaban J connectivity index is 2.34. The Morgan fingerprint density at radius 1 is 1.30 bits per heavy atom. The van der Waals surface area contributed by atoms with Gasteiger partial charge in [0.2, 0.25) is 0 Å². The molecular formula is C14H10F3N3O3. The first-order valence-electron chi connectivity index (χ1n) is 6.29. The molecule has 0 aliphatic heterocycles. The molecule has 2 aromatic rings. The average molecular weight is 325 g/mol. The number of carbonyl (C=O) groups excluding carboxylic acids is 1. The Bertz CT molecular complexity index is 775.